The molecule has 1 atom stereocenters. The number of benzene rings is 2. The van der Waals surface area contributed by atoms with Gasteiger partial charge in [0, 0.05) is 10.7 Å². The lowest BCUT2D eigenvalue weighted by atomic mass is 10.1. The zero-order valence-electron chi connectivity index (χ0n) is 15.0. The monoisotopic (exact) mass is 375 g/mol. The summed E-state index contributed by atoms with van der Waals surface area (Å²) in [6, 6.07) is 12.6. The van der Waals surface area contributed by atoms with E-state index in [1.54, 1.807) is 24.3 Å². The molecule has 0 aromatic heterocycles. The maximum absolute atomic E-state index is 12.1. The Morgan fingerprint density at radius 3 is 2.50 bits per heavy atom. The van der Waals surface area contributed by atoms with Crippen LogP contribution in [0.1, 0.15) is 24.5 Å². The van der Waals surface area contributed by atoms with Gasteiger partial charge in [-0.15, -0.1) is 0 Å². The zero-order valence-corrected chi connectivity index (χ0v) is 15.8. The minimum atomic E-state index is -0.904. The molecule has 0 aliphatic heterocycles. The fraction of sp³-hybridized carbons (Fsp3) is 0.300. The number of anilines is 1. The SMILES string of the molecule is Cc1ccc(C)c(OCCC(=O)O[C@@H](C)C(=O)Nc2ccc(Cl)cc2)c1. The third kappa shape index (κ3) is 6.08. The maximum Gasteiger partial charge on any atom is 0.310 e. The number of halogens is 1. The van der Waals surface area contributed by atoms with Crippen LogP contribution in [-0.2, 0) is 14.3 Å². The number of rotatable bonds is 7. The van der Waals surface area contributed by atoms with Crippen molar-refractivity contribution in [2.24, 2.45) is 0 Å². The highest BCUT2D eigenvalue weighted by Gasteiger charge is 2.18. The second-order valence-corrected chi connectivity index (χ2v) is 6.43. The summed E-state index contributed by atoms with van der Waals surface area (Å²) in [6.07, 6.45) is -0.842. The molecule has 6 heteroatoms. The predicted molar refractivity (Wildman–Crippen MR) is 102 cm³/mol. The third-order valence-corrected chi connectivity index (χ3v) is 3.95. The van der Waals surface area contributed by atoms with Crippen LogP contribution in [0.4, 0.5) is 5.69 Å². The quantitative estimate of drug-likeness (QED) is 0.733. The van der Waals surface area contributed by atoms with Crippen LogP contribution in [0.3, 0.4) is 0 Å². The van der Waals surface area contributed by atoms with Gasteiger partial charge in [0.15, 0.2) is 6.10 Å². The first kappa shape index (κ1) is 19.8. The van der Waals surface area contributed by atoms with E-state index in [2.05, 4.69) is 5.32 Å². The summed E-state index contributed by atoms with van der Waals surface area (Å²) >= 11 is 5.80. The van der Waals surface area contributed by atoms with E-state index in [9.17, 15) is 9.59 Å². The average molecular weight is 376 g/mol. The molecular formula is C20H22ClNO4. The van der Waals surface area contributed by atoms with Gasteiger partial charge in [0.1, 0.15) is 5.75 Å². The summed E-state index contributed by atoms with van der Waals surface area (Å²) in [5.74, 6) is -0.156. The second-order valence-electron chi connectivity index (χ2n) is 6.00. The van der Waals surface area contributed by atoms with E-state index in [1.165, 1.54) is 6.92 Å². The molecule has 2 aromatic carbocycles. The molecule has 1 amide bonds. The van der Waals surface area contributed by atoms with E-state index in [0.717, 1.165) is 16.9 Å². The minimum Gasteiger partial charge on any atom is -0.493 e. The van der Waals surface area contributed by atoms with Crippen molar-refractivity contribution in [3.05, 3.63) is 58.6 Å². The van der Waals surface area contributed by atoms with Gasteiger partial charge in [-0.1, -0.05) is 23.7 Å². The molecule has 138 valence electrons. The van der Waals surface area contributed by atoms with Gasteiger partial charge in [-0.25, -0.2) is 0 Å². The standard InChI is InChI=1S/C20H22ClNO4/c1-13-4-5-14(2)18(12-13)25-11-10-19(23)26-15(3)20(24)22-17-8-6-16(21)7-9-17/h4-9,12,15H,10-11H2,1-3H3,(H,22,24)/t15-/m0/s1. The fourth-order valence-electron chi connectivity index (χ4n) is 2.19. The Hall–Kier alpha value is -2.53. The van der Waals surface area contributed by atoms with Crippen LogP contribution in [0.25, 0.3) is 0 Å². The number of hydrogen-bond acceptors (Lipinski definition) is 4. The van der Waals surface area contributed by atoms with Crippen LogP contribution < -0.4 is 10.1 Å². The highest BCUT2D eigenvalue weighted by atomic mass is 35.5. The molecule has 0 unspecified atom stereocenters. The molecule has 0 saturated heterocycles. The van der Waals surface area contributed by atoms with Crippen molar-refractivity contribution in [3.63, 3.8) is 0 Å². The van der Waals surface area contributed by atoms with Gasteiger partial charge in [0.25, 0.3) is 5.91 Å². The van der Waals surface area contributed by atoms with Crippen molar-refractivity contribution in [2.45, 2.75) is 33.3 Å². The van der Waals surface area contributed by atoms with Crippen LogP contribution >= 0.6 is 11.6 Å². The Morgan fingerprint density at radius 1 is 1.12 bits per heavy atom. The second kappa shape index (κ2) is 9.25. The molecule has 0 fully saturated rings. The minimum absolute atomic E-state index is 0.0615. The summed E-state index contributed by atoms with van der Waals surface area (Å²) in [4.78, 5) is 24.0. The molecule has 0 radical (unpaired) electrons. The van der Waals surface area contributed by atoms with E-state index in [1.807, 2.05) is 32.0 Å². The number of esters is 1. The first-order chi connectivity index (χ1) is 12.3. The Morgan fingerprint density at radius 2 is 1.81 bits per heavy atom. The van der Waals surface area contributed by atoms with E-state index < -0.39 is 18.0 Å². The van der Waals surface area contributed by atoms with Crippen molar-refractivity contribution in [3.8, 4) is 5.75 Å². The number of ether oxygens (including phenoxy) is 2. The lowest BCUT2D eigenvalue weighted by Crippen LogP contribution is -2.30. The van der Waals surface area contributed by atoms with Gasteiger partial charge in [-0.3, -0.25) is 9.59 Å². The van der Waals surface area contributed by atoms with Gasteiger partial charge >= 0.3 is 5.97 Å². The summed E-state index contributed by atoms with van der Waals surface area (Å²) in [5.41, 5.74) is 2.67. The smallest absolute Gasteiger partial charge is 0.310 e. The molecule has 5 nitrogen and oxygen atoms in total. The molecule has 0 bridgehead atoms. The summed E-state index contributed by atoms with van der Waals surface area (Å²) in [5, 5.41) is 3.24. The lowest BCUT2D eigenvalue weighted by Gasteiger charge is -2.14. The molecule has 0 aliphatic rings. The van der Waals surface area contributed by atoms with Crippen LogP contribution in [-0.4, -0.2) is 24.6 Å². The summed E-state index contributed by atoms with van der Waals surface area (Å²) in [6.45, 7) is 5.63. The summed E-state index contributed by atoms with van der Waals surface area (Å²) < 4.78 is 10.8. The van der Waals surface area contributed by atoms with Crippen LogP contribution in [0, 0.1) is 13.8 Å². The lowest BCUT2D eigenvalue weighted by molar-refractivity contribution is -0.153. The Balaban J connectivity index is 1.76. The normalized spacial score (nSPS) is 11.5. The van der Waals surface area contributed by atoms with Crippen molar-refractivity contribution >= 4 is 29.2 Å². The van der Waals surface area contributed by atoms with Crippen LogP contribution in [0.5, 0.6) is 5.75 Å². The highest BCUT2D eigenvalue weighted by molar-refractivity contribution is 6.30. The maximum atomic E-state index is 12.1. The van der Waals surface area contributed by atoms with Crippen LogP contribution in [0.15, 0.2) is 42.5 Å². The predicted octanol–water partition coefficient (Wildman–Crippen LogP) is 4.30. The third-order valence-electron chi connectivity index (χ3n) is 3.70. The van der Waals surface area contributed by atoms with E-state index >= 15 is 0 Å². The Labute approximate surface area is 158 Å². The molecular weight excluding hydrogens is 354 g/mol. The Kier molecular flexibility index (Phi) is 7.04. The van der Waals surface area contributed by atoms with Gasteiger partial charge in [0.05, 0.1) is 13.0 Å². The first-order valence-corrected chi connectivity index (χ1v) is 8.69. The van der Waals surface area contributed by atoms with E-state index in [-0.39, 0.29) is 13.0 Å². The number of amides is 1. The molecule has 0 saturated carbocycles. The average Bonchev–Trinajstić information content (AvgIpc) is 2.59. The molecule has 26 heavy (non-hydrogen) atoms. The Bertz CT molecular complexity index is 774. The van der Waals surface area contributed by atoms with Crippen LogP contribution in [0.2, 0.25) is 5.02 Å². The molecule has 2 aromatic rings. The number of hydrogen-bond donors (Lipinski definition) is 1. The topological polar surface area (TPSA) is 64.6 Å². The number of carbonyl (C=O) groups is 2. The van der Waals surface area contributed by atoms with E-state index in [0.29, 0.717) is 10.7 Å². The van der Waals surface area contributed by atoms with Crippen molar-refractivity contribution in [1.82, 2.24) is 0 Å². The largest absolute Gasteiger partial charge is 0.493 e. The first-order valence-electron chi connectivity index (χ1n) is 8.31. The van der Waals surface area contributed by atoms with Crippen molar-refractivity contribution < 1.29 is 19.1 Å². The molecule has 0 spiro atoms. The zero-order chi connectivity index (χ0) is 19.1. The summed E-state index contributed by atoms with van der Waals surface area (Å²) in [7, 11) is 0. The van der Waals surface area contributed by atoms with E-state index in [4.69, 9.17) is 21.1 Å². The molecule has 2 rings (SSSR count). The fourth-order valence-corrected chi connectivity index (χ4v) is 2.32. The van der Waals surface area contributed by atoms with Gasteiger partial charge in [-0.2, -0.15) is 0 Å². The molecule has 0 aliphatic carbocycles. The van der Waals surface area contributed by atoms with Gasteiger partial charge in [0.2, 0.25) is 0 Å². The highest BCUT2D eigenvalue weighted by Crippen LogP contribution is 2.19. The van der Waals surface area contributed by atoms with Crippen molar-refractivity contribution in [1.29, 1.82) is 0 Å². The van der Waals surface area contributed by atoms with Gasteiger partial charge in [-0.05, 0) is 62.2 Å². The molecule has 1 N–H and O–H groups in total. The number of aryl methyl sites for hydroxylation is 2. The molecule has 0 heterocycles. The number of nitrogens with one attached hydrogen (secondary N) is 1. The van der Waals surface area contributed by atoms with Gasteiger partial charge < -0.3 is 14.8 Å². The van der Waals surface area contributed by atoms with Crippen molar-refractivity contribution in [2.75, 3.05) is 11.9 Å². The number of carbonyl (C=O) groups excluding carboxylic acids is 2.